The maximum absolute atomic E-state index is 13.2. The van der Waals surface area contributed by atoms with E-state index in [9.17, 15) is 9.59 Å². The molecule has 1 atom stereocenters. The van der Waals surface area contributed by atoms with Gasteiger partial charge in [0.25, 0.3) is 5.91 Å². The number of benzene rings is 1. The number of carbonyl (C=O) groups is 2. The van der Waals surface area contributed by atoms with Crippen LogP contribution >= 0.6 is 0 Å². The van der Waals surface area contributed by atoms with E-state index in [1.807, 2.05) is 47.9 Å². The number of carbonyl (C=O) groups excluding carboxylic acids is 2. The molecule has 4 heterocycles. The minimum atomic E-state index is -0.479. The van der Waals surface area contributed by atoms with Crippen molar-refractivity contribution in [1.29, 1.82) is 0 Å². The van der Waals surface area contributed by atoms with Gasteiger partial charge in [0.05, 0.1) is 12.5 Å². The first-order chi connectivity index (χ1) is 16.1. The number of nitrogens with one attached hydrogen (secondary N) is 1. The van der Waals surface area contributed by atoms with Gasteiger partial charge in [0.15, 0.2) is 11.4 Å². The number of hydrogen-bond donors (Lipinski definition) is 1. The smallest absolute Gasteiger partial charge is 0.289 e. The van der Waals surface area contributed by atoms with E-state index in [1.165, 1.54) is 6.26 Å². The molecule has 9 heteroatoms. The van der Waals surface area contributed by atoms with E-state index in [0.29, 0.717) is 37.6 Å². The Bertz CT molecular complexity index is 1260. The molecule has 33 heavy (non-hydrogen) atoms. The number of anilines is 1. The topological polar surface area (TPSA) is 96.0 Å². The van der Waals surface area contributed by atoms with Crippen molar-refractivity contribution in [2.75, 3.05) is 31.5 Å². The van der Waals surface area contributed by atoms with E-state index in [1.54, 1.807) is 34.3 Å². The molecule has 1 N–H and O–H groups in total. The number of nitrogens with zero attached hydrogens (tertiary/aromatic N) is 5. The molecule has 0 radical (unpaired) electrons. The van der Waals surface area contributed by atoms with Crippen LogP contribution in [0.15, 0.2) is 71.7 Å². The molecule has 1 unspecified atom stereocenters. The quantitative estimate of drug-likeness (QED) is 0.509. The Kier molecular flexibility index (Phi) is 5.52. The van der Waals surface area contributed by atoms with Crippen molar-refractivity contribution in [2.24, 2.45) is 0 Å². The van der Waals surface area contributed by atoms with Gasteiger partial charge in [-0.25, -0.2) is 4.98 Å². The summed E-state index contributed by atoms with van der Waals surface area (Å²) in [4.78, 5) is 38.1. The summed E-state index contributed by atoms with van der Waals surface area (Å²) < 4.78 is 7.11. The van der Waals surface area contributed by atoms with E-state index in [0.717, 1.165) is 17.1 Å². The lowest BCUT2D eigenvalue weighted by Crippen LogP contribution is -2.53. The summed E-state index contributed by atoms with van der Waals surface area (Å²) in [5, 5.41) is 3.37. The zero-order valence-electron chi connectivity index (χ0n) is 18.2. The second-order valence-electron chi connectivity index (χ2n) is 7.94. The van der Waals surface area contributed by atoms with Crippen molar-refractivity contribution < 1.29 is 14.0 Å². The Morgan fingerprint density at radius 3 is 2.52 bits per heavy atom. The van der Waals surface area contributed by atoms with E-state index >= 15 is 0 Å². The summed E-state index contributed by atoms with van der Waals surface area (Å²) in [6.45, 7) is 3.72. The van der Waals surface area contributed by atoms with Crippen LogP contribution in [0.4, 0.5) is 5.82 Å². The third-order valence-electron chi connectivity index (χ3n) is 5.81. The molecule has 1 aromatic carbocycles. The van der Waals surface area contributed by atoms with E-state index < -0.39 is 6.04 Å². The first-order valence-electron chi connectivity index (χ1n) is 10.9. The molecule has 1 saturated heterocycles. The maximum Gasteiger partial charge on any atom is 0.289 e. The molecule has 5 rings (SSSR count). The molecule has 0 spiro atoms. The van der Waals surface area contributed by atoms with Crippen molar-refractivity contribution in [3.05, 3.63) is 73.1 Å². The molecule has 1 fully saturated rings. The van der Waals surface area contributed by atoms with Gasteiger partial charge in [-0.3, -0.25) is 19.0 Å². The fourth-order valence-corrected chi connectivity index (χ4v) is 4.07. The number of rotatable bonds is 5. The maximum atomic E-state index is 13.2. The summed E-state index contributed by atoms with van der Waals surface area (Å²) in [5.74, 6) is 0.889. The molecule has 1 aliphatic heterocycles. The van der Waals surface area contributed by atoms with Gasteiger partial charge in [-0.15, -0.1) is 0 Å². The number of piperazine rings is 1. The first-order valence-corrected chi connectivity index (χ1v) is 10.9. The standard InChI is InChI=1S/C24H24N6O3/c1-17(23(31)28-11-13-29(14-12-28)24(32)19-8-5-15-33-19)26-22-21(18-6-3-2-4-7-18)27-20-16-25-9-10-30(20)22/h2-10,15-17,26H,11-14H2,1H3. The molecule has 0 aliphatic carbocycles. The number of fused-ring (bicyclic) bond motifs is 1. The second-order valence-corrected chi connectivity index (χ2v) is 7.94. The zero-order chi connectivity index (χ0) is 22.8. The summed E-state index contributed by atoms with van der Waals surface area (Å²) >= 11 is 0. The largest absolute Gasteiger partial charge is 0.459 e. The van der Waals surface area contributed by atoms with Crippen LogP contribution in [0.1, 0.15) is 17.5 Å². The Balaban J connectivity index is 1.31. The van der Waals surface area contributed by atoms with Crippen LogP contribution in [0.2, 0.25) is 0 Å². The highest BCUT2D eigenvalue weighted by molar-refractivity contribution is 5.92. The van der Waals surface area contributed by atoms with Crippen LogP contribution in [0.3, 0.4) is 0 Å². The number of imidazole rings is 1. The predicted octanol–water partition coefficient (Wildman–Crippen LogP) is 2.77. The van der Waals surface area contributed by atoms with E-state index in [4.69, 9.17) is 9.40 Å². The van der Waals surface area contributed by atoms with Crippen LogP contribution in [-0.2, 0) is 4.79 Å². The SMILES string of the molecule is CC(Nc1c(-c2ccccc2)nc2cnccn12)C(=O)N1CCN(C(=O)c2ccco2)CC1. The van der Waals surface area contributed by atoms with Crippen LogP contribution in [0.5, 0.6) is 0 Å². The normalized spacial score (nSPS) is 14.9. The van der Waals surface area contributed by atoms with Crippen LogP contribution in [-0.4, -0.2) is 68.2 Å². The Labute approximate surface area is 190 Å². The van der Waals surface area contributed by atoms with Crippen molar-refractivity contribution in [3.63, 3.8) is 0 Å². The Morgan fingerprint density at radius 2 is 1.79 bits per heavy atom. The number of amides is 2. The van der Waals surface area contributed by atoms with Crippen molar-refractivity contribution in [1.82, 2.24) is 24.2 Å². The molecular formula is C24H24N6O3. The molecule has 0 saturated carbocycles. The van der Waals surface area contributed by atoms with E-state index in [-0.39, 0.29) is 11.8 Å². The predicted molar refractivity (Wildman–Crippen MR) is 123 cm³/mol. The lowest BCUT2D eigenvalue weighted by atomic mass is 10.1. The average molecular weight is 444 g/mol. The van der Waals surface area contributed by atoms with Gasteiger partial charge in [0, 0.05) is 44.1 Å². The Hall–Kier alpha value is -4.14. The van der Waals surface area contributed by atoms with Gasteiger partial charge in [-0.05, 0) is 19.1 Å². The van der Waals surface area contributed by atoms with Crippen LogP contribution in [0, 0.1) is 0 Å². The number of aromatic nitrogens is 3. The zero-order valence-corrected chi connectivity index (χ0v) is 18.2. The van der Waals surface area contributed by atoms with Crippen molar-refractivity contribution in [2.45, 2.75) is 13.0 Å². The summed E-state index contributed by atoms with van der Waals surface area (Å²) in [5.41, 5.74) is 2.41. The molecule has 9 nitrogen and oxygen atoms in total. The third-order valence-corrected chi connectivity index (χ3v) is 5.81. The van der Waals surface area contributed by atoms with Gasteiger partial charge < -0.3 is 19.5 Å². The van der Waals surface area contributed by atoms with Crippen molar-refractivity contribution in [3.8, 4) is 11.3 Å². The molecule has 168 valence electrons. The first kappa shape index (κ1) is 20.7. The molecule has 0 bridgehead atoms. The van der Waals surface area contributed by atoms with Crippen LogP contribution < -0.4 is 5.32 Å². The highest BCUT2D eigenvalue weighted by Crippen LogP contribution is 2.29. The fraction of sp³-hybridized carbons (Fsp3) is 0.250. The number of hydrogen-bond acceptors (Lipinski definition) is 6. The summed E-state index contributed by atoms with van der Waals surface area (Å²) in [6, 6.07) is 12.7. The van der Waals surface area contributed by atoms with Gasteiger partial charge in [-0.1, -0.05) is 30.3 Å². The summed E-state index contributed by atoms with van der Waals surface area (Å²) in [6.07, 6.45) is 6.70. The van der Waals surface area contributed by atoms with Crippen LogP contribution in [0.25, 0.3) is 16.9 Å². The Morgan fingerprint density at radius 1 is 1.03 bits per heavy atom. The lowest BCUT2D eigenvalue weighted by Gasteiger charge is -2.35. The number of furan rings is 1. The van der Waals surface area contributed by atoms with Gasteiger partial charge in [0.1, 0.15) is 17.6 Å². The third kappa shape index (κ3) is 4.05. The van der Waals surface area contributed by atoms with Crippen molar-refractivity contribution >= 4 is 23.3 Å². The highest BCUT2D eigenvalue weighted by Gasteiger charge is 2.29. The molecule has 3 aromatic heterocycles. The molecule has 1 aliphatic rings. The molecule has 4 aromatic rings. The van der Waals surface area contributed by atoms with E-state index in [2.05, 4.69) is 10.3 Å². The molecular weight excluding hydrogens is 420 g/mol. The van der Waals surface area contributed by atoms with Gasteiger partial charge in [0.2, 0.25) is 5.91 Å². The monoisotopic (exact) mass is 444 g/mol. The second kappa shape index (κ2) is 8.78. The average Bonchev–Trinajstić information content (AvgIpc) is 3.53. The fourth-order valence-electron chi connectivity index (χ4n) is 4.07. The van der Waals surface area contributed by atoms with Gasteiger partial charge >= 0.3 is 0 Å². The minimum absolute atomic E-state index is 0.0249. The summed E-state index contributed by atoms with van der Waals surface area (Å²) in [7, 11) is 0. The van der Waals surface area contributed by atoms with Gasteiger partial charge in [-0.2, -0.15) is 0 Å². The minimum Gasteiger partial charge on any atom is -0.459 e. The highest BCUT2D eigenvalue weighted by atomic mass is 16.3. The lowest BCUT2D eigenvalue weighted by molar-refractivity contribution is -0.133. The molecule has 2 amide bonds.